The number of amides is 1. The van der Waals surface area contributed by atoms with Crippen LogP contribution in [0, 0.1) is 12.7 Å². The standard InChI is InChI=1S/C20H20F3N5O4S/c1-12-18(6-24-27(12)10-19(22)23)33(31,32)28-8-13-7-26(9-17(13)25-28)20(30)15(11-29)14-4-2-3-5-16(14)21/h2-6,8,15,19,29H,7,9-11H2,1H3/t15-/m1/s1. The Morgan fingerprint density at radius 3 is 2.61 bits per heavy atom. The molecule has 1 amide bonds. The highest BCUT2D eigenvalue weighted by Crippen LogP contribution is 2.29. The lowest BCUT2D eigenvalue weighted by atomic mass is 9.98. The number of benzene rings is 1. The minimum absolute atomic E-state index is 0.0226. The molecule has 2 aromatic heterocycles. The van der Waals surface area contributed by atoms with Crippen molar-refractivity contribution >= 4 is 15.9 Å². The third kappa shape index (κ3) is 4.13. The first-order valence-corrected chi connectivity index (χ1v) is 11.3. The molecule has 1 aromatic carbocycles. The molecule has 1 atom stereocenters. The van der Waals surface area contributed by atoms with Gasteiger partial charge in [0.15, 0.2) is 0 Å². The quantitative estimate of drug-likeness (QED) is 0.547. The number of halogens is 3. The van der Waals surface area contributed by atoms with Gasteiger partial charge in [-0.3, -0.25) is 9.48 Å². The molecule has 0 radical (unpaired) electrons. The van der Waals surface area contributed by atoms with E-state index in [2.05, 4.69) is 10.2 Å². The number of nitrogens with zero attached hydrogens (tertiary/aromatic N) is 5. The lowest BCUT2D eigenvalue weighted by Crippen LogP contribution is -2.33. The van der Waals surface area contributed by atoms with Crippen LogP contribution in [0.3, 0.4) is 0 Å². The summed E-state index contributed by atoms with van der Waals surface area (Å²) in [5.74, 6) is -2.23. The maximum Gasteiger partial charge on any atom is 0.286 e. The van der Waals surface area contributed by atoms with Crippen molar-refractivity contribution < 1.29 is 31.5 Å². The molecule has 33 heavy (non-hydrogen) atoms. The van der Waals surface area contributed by atoms with Gasteiger partial charge in [-0.1, -0.05) is 18.2 Å². The van der Waals surface area contributed by atoms with Crippen LogP contribution >= 0.6 is 0 Å². The first-order valence-electron chi connectivity index (χ1n) is 9.91. The van der Waals surface area contributed by atoms with Crippen molar-refractivity contribution in [3.05, 3.63) is 65.0 Å². The lowest BCUT2D eigenvalue weighted by molar-refractivity contribution is -0.134. The molecule has 3 heterocycles. The zero-order valence-corrected chi connectivity index (χ0v) is 18.2. The van der Waals surface area contributed by atoms with Gasteiger partial charge < -0.3 is 10.0 Å². The highest BCUT2D eigenvalue weighted by Gasteiger charge is 2.34. The molecule has 0 saturated carbocycles. The van der Waals surface area contributed by atoms with E-state index in [0.717, 1.165) is 15.0 Å². The molecule has 1 aliphatic rings. The lowest BCUT2D eigenvalue weighted by Gasteiger charge is -2.22. The molecule has 176 valence electrons. The van der Waals surface area contributed by atoms with Crippen molar-refractivity contribution in [3.63, 3.8) is 0 Å². The van der Waals surface area contributed by atoms with Crippen LogP contribution in [0.5, 0.6) is 0 Å². The molecule has 0 bridgehead atoms. The van der Waals surface area contributed by atoms with Crippen molar-refractivity contribution in [1.82, 2.24) is 23.9 Å². The fourth-order valence-corrected chi connectivity index (χ4v) is 5.12. The fraction of sp³-hybridized carbons (Fsp3) is 0.350. The van der Waals surface area contributed by atoms with Crippen LogP contribution in [0.25, 0.3) is 0 Å². The Labute approximate surface area is 187 Å². The van der Waals surface area contributed by atoms with E-state index >= 15 is 0 Å². The molecular formula is C20H20F3N5O4S. The summed E-state index contributed by atoms with van der Waals surface area (Å²) in [4.78, 5) is 14.0. The summed E-state index contributed by atoms with van der Waals surface area (Å²) in [6.45, 7) is 0.0490. The summed E-state index contributed by atoms with van der Waals surface area (Å²) in [5.41, 5.74) is 0.918. The normalized spacial score (nSPS) is 14.7. The predicted molar refractivity (Wildman–Crippen MR) is 108 cm³/mol. The average Bonchev–Trinajstić information content (AvgIpc) is 3.44. The molecule has 3 aromatic rings. The van der Waals surface area contributed by atoms with Gasteiger partial charge in [-0.25, -0.2) is 13.2 Å². The Morgan fingerprint density at radius 1 is 1.24 bits per heavy atom. The zero-order valence-electron chi connectivity index (χ0n) is 17.4. The molecule has 0 saturated heterocycles. The second-order valence-electron chi connectivity index (χ2n) is 7.60. The van der Waals surface area contributed by atoms with Crippen LogP contribution < -0.4 is 0 Å². The smallest absolute Gasteiger partial charge is 0.286 e. The number of fused-ring (bicyclic) bond motifs is 1. The van der Waals surface area contributed by atoms with E-state index in [4.69, 9.17) is 0 Å². The summed E-state index contributed by atoms with van der Waals surface area (Å²) >= 11 is 0. The first-order chi connectivity index (χ1) is 15.6. The van der Waals surface area contributed by atoms with E-state index in [1.165, 1.54) is 36.2 Å². The maximum atomic E-state index is 14.1. The van der Waals surface area contributed by atoms with Crippen LogP contribution in [-0.4, -0.2) is 56.3 Å². The third-order valence-corrected chi connectivity index (χ3v) is 7.16. The number of aromatic nitrogens is 4. The molecular weight excluding hydrogens is 463 g/mol. The zero-order chi connectivity index (χ0) is 23.9. The molecule has 9 nitrogen and oxygen atoms in total. The number of aliphatic hydroxyl groups excluding tert-OH is 1. The van der Waals surface area contributed by atoms with Crippen molar-refractivity contribution in [3.8, 4) is 0 Å². The molecule has 1 N–H and O–H groups in total. The summed E-state index contributed by atoms with van der Waals surface area (Å²) < 4.78 is 67.0. The summed E-state index contributed by atoms with van der Waals surface area (Å²) in [6.07, 6.45) is -0.447. The minimum atomic E-state index is -4.19. The van der Waals surface area contributed by atoms with Crippen molar-refractivity contribution in [2.75, 3.05) is 6.61 Å². The van der Waals surface area contributed by atoms with Crippen LogP contribution in [0.2, 0.25) is 0 Å². The van der Waals surface area contributed by atoms with E-state index < -0.39 is 47.2 Å². The van der Waals surface area contributed by atoms with E-state index in [9.17, 15) is 31.5 Å². The Morgan fingerprint density at radius 2 is 1.97 bits per heavy atom. The Kier molecular flexibility index (Phi) is 6.01. The van der Waals surface area contributed by atoms with E-state index in [-0.39, 0.29) is 29.2 Å². The summed E-state index contributed by atoms with van der Waals surface area (Å²) in [7, 11) is -4.19. The number of rotatable bonds is 7. The monoisotopic (exact) mass is 483 g/mol. The second-order valence-corrected chi connectivity index (χ2v) is 9.36. The van der Waals surface area contributed by atoms with Gasteiger partial charge in [0.25, 0.3) is 16.4 Å². The molecule has 4 rings (SSSR count). The topological polar surface area (TPSA) is 110 Å². The van der Waals surface area contributed by atoms with Gasteiger partial charge in [0.2, 0.25) is 5.91 Å². The molecule has 1 aliphatic heterocycles. The minimum Gasteiger partial charge on any atom is -0.395 e. The third-order valence-electron chi connectivity index (χ3n) is 5.52. The van der Waals surface area contributed by atoms with Gasteiger partial charge in [0.1, 0.15) is 17.3 Å². The summed E-state index contributed by atoms with van der Waals surface area (Å²) in [5, 5.41) is 17.5. The highest BCUT2D eigenvalue weighted by atomic mass is 32.2. The van der Waals surface area contributed by atoms with Crippen LogP contribution in [-0.2, 0) is 34.5 Å². The molecule has 0 spiro atoms. The van der Waals surface area contributed by atoms with Gasteiger partial charge >= 0.3 is 0 Å². The van der Waals surface area contributed by atoms with Crippen LogP contribution in [0.1, 0.15) is 28.4 Å². The molecule has 13 heteroatoms. The molecule has 0 aliphatic carbocycles. The van der Waals surface area contributed by atoms with E-state index in [0.29, 0.717) is 11.3 Å². The van der Waals surface area contributed by atoms with Crippen LogP contribution in [0.15, 0.2) is 41.6 Å². The van der Waals surface area contributed by atoms with Crippen molar-refractivity contribution in [1.29, 1.82) is 0 Å². The summed E-state index contributed by atoms with van der Waals surface area (Å²) in [6, 6.07) is 5.66. The van der Waals surface area contributed by atoms with Crippen molar-refractivity contribution in [2.45, 2.75) is 43.8 Å². The Hall–Kier alpha value is -3.19. The number of carbonyl (C=O) groups excluding carboxylic acids is 1. The van der Waals surface area contributed by atoms with Gasteiger partial charge in [0, 0.05) is 23.9 Å². The highest BCUT2D eigenvalue weighted by molar-refractivity contribution is 7.89. The van der Waals surface area contributed by atoms with E-state index in [1.807, 2.05) is 0 Å². The number of hydrogen-bond donors (Lipinski definition) is 1. The number of carbonyl (C=O) groups is 1. The largest absolute Gasteiger partial charge is 0.395 e. The average molecular weight is 483 g/mol. The van der Waals surface area contributed by atoms with Gasteiger partial charge in [-0.05, 0) is 13.0 Å². The SMILES string of the molecule is Cc1c(S(=O)(=O)n2cc3c(n2)CN(C(=O)[C@H](CO)c2ccccc2F)C3)cnn1CC(F)F. The first kappa shape index (κ1) is 23.0. The predicted octanol–water partition coefficient (Wildman–Crippen LogP) is 1.65. The maximum absolute atomic E-state index is 14.1. The Bertz CT molecular complexity index is 1280. The number of aliphatic hydroxyl groups is 1. The number of hydrogen-bond acceptors (Lipinski definition) is 6. The van der Waals surface area contributed by atoms with Gasteiger partial charge in [-0.2, -0.15) is 22.7 Å². The van der Waals surface area contributed by atoms with Crippen LogP contribution in [0.4, 0.5) is 13.2 Å². The van der Waals surface area contributed by atoms with E-state index in [1.54, 1.807) is 6.07 Å². The van der Waals surface area contributed by atoms with Gasteiger partial charge in [0.05, 0.1) is 36.7 Å². The number of alkyl halides is 2. The molecule has 0 unspecified atom stereocenters. The van der Waals surface area contributed by atoms with Gasteiger partial charge in [-0.15, -0.1) is 0 Å². The second kappa shape index (κ2) is 8.63. The fourth-order valence-electron chi connectivity index (χ4n) is 3.79. The molecule has 0 fully saturated rings. The van der Waals surface area contributed by atoms with Crippen molar-refractivity contribution in [2.24, 2.45) is 0 Å². The Balaban J connectivity index is 1.54.